The molecular formula is C14H11FN2O5. The van der Waals surface area contributed by atoms with Gasteiger partial charge >= 0.3 is 0 Å². The quantitative estimate of drug-likeness (QED) is 0.731. The summed E-state index contributed by atoms with van der Waals surface area (Å²) in [5.74, 6) is -3.50. The van der Waals surface area contributed by atoms with Crippen LogP contribution in [0.5, 0.6) is 0 Å². The molecule has 2 heterocycles. The van der Waals surface area contributed by atoms with Crippen molar-refractivity contribution in [3.05, 3.63) is 34.6 Å². The zero-order chi connectivity index (χ0) is 16.0. The smallest absolute Gasteiger partial charge is 0.262 e. The van der Waals surface area contributed by atoms with Gasteiger partial charge in [0.15, 0.2) is 0 Å². The van der Waals surface area contributed by atoms with Crippen molar-refractivity contribution in [1.82, 2.24) is 10.2 Å². The highest BCUT2D eigenvalue weighted by Crippen LogP contribution is 2.29. The maximum Gasteiger partial charge on any atom is 0.262 e. The summed E-state index contributed by atoms with van der Waals surface area (Å²) in [7, 11) is 0. The Balaban J connectivity index is 2.00. The van der Waals surface area contributed by atoms with Gasteiger partial charge in [0.25, 0.3) is 11.8 Å². The highest BCUT2D eigenvalue weighted by atomic mass is 19.1. The van der Waals surface area contributed by atoms with Gasteiger partial charge in [-0.15, -0.1) is 0 Å². The number of piperidine rings is 1. The SMILES string of the molecule is O=C1CCC(N2C(=O)c3cc(F)c(CO)cc3C2=O)C(=O)N1. The van der Waals surface area contributed by atoms with Crippen molar-refractivity contribution < 1.29 is 28.7 Å². The number of hydrogen-bond acceptors (Lipinski definition) is 5. The van der Waals surface area contributed by atoms with E-state index in [1.807, 2.05) is 0 Å². The number of carbonyl (C=O) groups is 4. The highest BCUT2D eigenvalue weighted by molar-refractivity contribution is 6.23. The molecule has 0 saturated carbocycles. The fraction of sp³-hybridized carbons (Fsp3) is 0.286. The highest BCUT2D eigenvalue weighted by Gasteiger charge is 2.45. The Morgan fingerprint density at radius 3 is 2.41 bits per heavy atom. The van der Waals surface area contributed by atoms with E-state index in [4.69, 9.17) is 5.11 Å². The Kier molecular flexibility index (Phi) is 3.25. The number of benzene rings is 1. The molecule has 3 rings (SSSR count). The zero-order valence-electron chi connectivity index (χ0n) is 11.3. The van der Waals surface area contributed by atoms with Gasteiger partial charge in [0, 0.05) is 12.0 Å². The third-order valence-corrected chi connectivity index (χ3v) is 3.78. The van der Waals surface area contributed by atoms with Crippen LogP contribution in [-0.2, 0) is 16.2 Å². The van der Waals surface area contributed by atoms with Crippen molar-refractivity contribution in [3.63, 3.8) is 0 Å². The van der Waals surface area contributed by atoms with E-state index >= 15 is 0 Å². The number of nitrogens with one attached hydrogen (secondary N) is 1. The van der Waals surface area contributed by atoms with Crippen LogP contribution in [0.3, 0.4) is 0 Å². The molecule has 8 heteroatoms. The van der Waals surface area contributed by atoms with Crippen molar-refractivity contribution >= 4 is 23.6 Å². The van der Waals surface area contributed by atoms with E-state index in [0.717, 1.165) is 17.0 Å². The van der Waals surface area contributed by atoms with Crippen molar-refractivity contribution in [2.45, 2.75) is 25.5 Å². The summed E-state index contributed by atoms with van der Waals surface area (Å²) < 4.78 is 13.7. The minimum absolute atomic E-state index is 0.0140. The monoisotopic (exact) mass is 306 g/mol. The molecule has 0 aromatic heterocycles. The van der Waals surface area contributed by atoms with Crippen LogP contribution in [0.4, 0.5) is 4.39 Å². The lowest BCUT2D eigenvalue weighted by Gasteiger charge is -2.27. The molecule has 1 fully saturated rings. The lowest BCUT2D eigenvalue weighted by atomic mass is 10.0. The van der Waals surface area contributed by atoms with Crippen LogP contribution in [0.2, 0.25) is 0 Å². The van der Waals surface area contributed by atoms with Crippen molar-refractivity contribution in [2.75, 3.05) is 0 Å². The third kappa shape index (κ3) is 2.00. The van der Waals surface area contributed by atoms with Gasteiger partial charge in [-0.25, -0.2) is 4.39 Å². The van der Waals surface area contributed by atoms with Crippen LogP contribution in [0.15, 0.2) is 12.1 Å². The Morgan fingerprint density at radius 2 is 1.82 bits per heavy atom. The van der Waals surface area contributed by atoms with Crippen LogP contribution in [0.1, 0.15) is 39.1 Å². The summed E-state index contributed by atoms with van der Waals surface area (Å²) in [6.07, 6.45) is 0.0472. The second kappa shape index (κ2) is 4.99. The number of amides is 4. The lowest BCUT2D eigenvalue weighted by Crippen LogP contribution is -2.54. The number of aliphatic hydroxyl groups is 1. The normalized spacial score (nSPS) is 21.2. The predicted octanol–water partition coefficient (Wildman–Crippen LogP) is -0.281. The van der Waals surface area contributed by atoms with E-state index < -0.39 is 42.1 Å². The van der Waals surface area contributed by atoms with Gasteiger partial charge in [0.05, 0.1) is 17.7 Å². The van der Waals surface area contributed by atoms with Gasteiger partial charge in [-0.2, -0.15) is 0 Å². The molecule has 1 atom stereocenters. The zero-order valence-corrected chi connectivity index (χ0v) is 11.3. The number of aliphatic hydroxyl groups excluding tert-OH is 1. The Morgan fingerprint density at radius 1 is 1.18 bits per heavy atom. The standard InChI is InChI=1S/C14H11FN2O5/c15-9-4-8-7(3-6(9)5-18)13(21)17(14(8)22)10-1-2-11(19)16-12(10)20/h3-4,10,18H,1-2,5H2,(H,16,19,20). The fourth-order valence-electron chi connectivity index (χ4n) is 2.66. The summed E-state index contributed by atoms with van der Waals surface area (Å²) in [5, 5.41) is 11.1. The molecule has 1 unspecified atom stereocenters. The van der Waals surface area contributed by atoms with E-state index in [0.29, 0.717) is 0 Å². The van der Waals surface area contributed by atoms with E-state index in [-0.39, 0.29) is 29.5 Å². The molecule has 2 aliphatic heterocycles. The number of imide groups is 2. The molecule has 0 bridgehead atoms. The van der Waals surface area contributed by atoms with Gasteiger partial charge in [0.1, 0.15) is 11.9 Å². The van der Waals surface area contributed by atoms with Crippen LogP contribution in [-0.4, -0.2) is 39.7 Å². The van der Waals surface area contributed by atoms with E-state index in [1.54, 1.807) is 0 Å². The summed E-state index contributed by atoms with van der Waals surface area (Å²) in [6, 6.07) is 0.898. The van der Waals surface area contributed by atoms with Crippen molar-refractivity contribution in [2.24, 2.45) is 0 Å². The van der Waals surface area contributed by atoms with Crippen molar-refractivity contribution in [1.29, 1.82) is 0 Å². The first-order valence-electron chi connectivity index (χ1n) is 6.59. The molecule has 4 amide bonds. The number of nitrogens with zero attached hydrogens (tertiary/aromatic N) is 1. The number of rotatable bonds is 2. The molecule has 22 heavy (non-hydrogen) atoms. The van der Waals surface area contributed by atoms with E-state index in [1.165, 1.54) is 0 Å². The van der Waals surface area contributed by atoms with Crippen LogP contribution < -0.4 is 5.32 Å². The third-order valence-electron chi connectivity index (χ3n) is 3.78. The molecule has 1 aromatic rings. The minimum Gasteiger partial charge on any atom is -0.392 e. The maximum atomic E-state index is 13.7. The van der Waals surface area contributed by atoms with Gasteiger partial charge in [-0.1, -0.05) is 0 Å². The topological polar surface area (TPSA) is 104 Å². The summed E-state index contributed by atoms with van der Waals surface area (Å²) in [5.41, 5.74) is -0.311. The molecule has 114 valence electrons. The molecule has 2 aliphatic rings. The van der Waals surface area contributed by atoms with Crippen LogP contribution in [0.25, 0.3) is 0 Å². The molecule has 7 nitrogen and oxygen atoms in total. The largest absolute Gasteiger partial charge is 0.392 e. The Labute approximate surface area is 123 Å². The average Bonchev–Trinajstić information content (AvgIpc) is 2.70. The summed E-state index contributed by atoms with van der Waals surface area (Å²) >= 11 is 0. The van der Waals surface area contributed by atoms with Gasteiger partial charge < -0.3 is 5.11 Å². The molecular weight excluding hydrogens is 295 g/mol. The minimum atomic E-state index is -1.09. The predicted molar refractivity (Wildman–Crippen MR) is 69.0 cm³/mol. The molecule has 0 spiro atoms. The second-order valence-electron chi connectivity index (χ2n) is 5.09. The molecule has 0 radical (unpaired) electrons. The van der Waals surface area contributed by atoms with Crippen LogP contribution >= 0.6 is 0 Å². The molecule has 0 aliphatic carbocycles. The van der Waals surface area contributed by atoms with E-state index in [2.05, 4.69) is 5.32 Å². The average molecular weight is 306 g/mol. The number of fused-ring (bicyclic) bond motifs is 1. The first kappa shape index (κ1) is 14.3. The van der Waals surface area contributed by atoms with E-state index in [9.17, 15) is 23.6 Å². The van der Waals surface area contributed by atoms with Gasteiger partial charge in [-0.05, 0) is 18.6 Å². The maximum absolute atomic E-state index is 13.7. The molecule has 2 N–H and O–H groups in total. The molecule has 1 aromatic carbocycles. The summed E-state index contributed by atoms with van der Waals surface area (Å²) in [6.45, 7) is -0.612. The summed E-state index contributed by atoms with van der Waals surface area (Å²) in [4.78, 5) is 48.4. The van der Waals surface area contributed by atoms with Gasteiger partial charge in [0.2, 0.25) is 11.8 Å². The molecule has 1 saturated heterocycles. The number of carbonyl (C=O) groups excluding carboxylic acids is 4. The first-order chi connectivity index (χ1) is 10.4. The number of hydrogen-bond donors (Lipinski definition) is 2. The first-order valence-corrected chi connectivity index (χ1v) is 6.59. The van der Waals surface area contributed by atoms with Gasteiger partial charge in [-0.3, -0.25) is 29.4 Å². The second-order valence-corrected chi connectivity index (χ2v) is 5.09. The Bertz CT molecular complexity index is 730. The number of halogens is 1. The van der Waals surface area contributed by atoms with Crippen molar-refractivity contribution in [3.8, 4) is 0 Å². The Hall–Kier alpha value is -2.61. The van der Waals surface area contributed by atoms with Crippen LogP contribution in [0, 0.1) is 5.82 Å². The fourth-order valence-corrected chi connectivity index (χ4v) is 2.66. The lowest BCUT2D eigenvalue weighted by molar-refractivity contribution is -0.136.